The van der Waals surface area contributed by atoms with Gasteiger partial charge in [-0.1, -0.05) is 37.9 Å². The van der Waals surface area contributed by atoms with Gasteiger partial charge >= 0.3 is 0 Å². The molecule has 1 aromatic carbocycles. The number of rotatable bonds is 10. The van der Waals surface area contributed by atoms with Crippen molar-refractivity contribution in [2.45, 2.75) is 55.7 Å². The number of thioether (sulfide) groups is 1. The van der Waals surface area contributed by atoms with Crippen LogP contribution < -0.4 is 5.32 Å². The van der Waals surface area contributed by atoms with E-state index in [1.807, 2.05) is 6.92 Å². The van der Waals surface area contributed by atoms with Crippen molar-refractivity contribution in [1.82, 2.24) is 14.6 Å². The third-order valence-electron chi connectivity index (χ3n) is 4.09. The molecule has 7 nitrogen and oxygen atoms in total. The van der Waals surface area contributed by atoms with Crippen LogP contribution in [0.5, 0.6) is 0 Å². The van der Waals surface area contributed by atoms with Crippen molar-refractivity contribution < 1.29 is 17.6 Å². The predicted molar refractivity (Wildman–Crippen MR) is 107 cm³/mol. The molecule has 0 fully saturated rings. The Labute approximate surface area is 164 Å². The van der Waals surface area contributed by atoms with Gasteiger partial charge in [-0.3, -0.25) is 4.79 Å². The maximum absolute atomic E-state index is 12.2. The average Bonchev–Trinajstić information content (AvgIpc) is 3.02. The molecule has 1 heterocycles. The van der Waals surface area contributed by atoms with Crippen LogP contribution in [0.1, 0.15) is 39.5 Å². The Balaban J connectivity index is 1.97. The second kappa shape index (κ2) is 9.57. The highest BCUT2D eigenvalue weighted by atomic mass is 32.2. The number of carbonyl (C=O) groups is 1. The van der Waals surface area contributed by atoms with E-state index in [1.54, 1.807) is 6.07 Å². The lowest BCUT2D eigenvalue weighted by Gasteiger charge is -2.12. The van der Waals surface area contributed by atoms with Gasteiger partial charge in [-0.15, -0.1) is 0 Å². The van der Waals surface area contributed by atoms with Crippen LogP contribution in [-0.4, -0.2) is 49.5 Å². The van der Waals surface area contributed by atoms with Crippen LogP contribution in [0.3, 0.4) is 0 Å². The van der Waals surface area contributed by atoms with Crippen LogP contribution in [0.15, 0.2) is 32.7 Å². The third kappa shape index (κ3) is 5.95. The minimum Gasteiger partial charge on any atom is -0.431 e. The molecule has 0 saturated carbocycles. The molecule has 9 heteroatoms. The molecule has 27 heavy (non-hydrogen) atoms. The van der Waals surface area contributed by atoms with Gasteiger partial charge in [-0.25, -0.2) is 17.7 Å². The highest BCUT2D eigenvalue weighted by Crippen LogP contribution is 2.26. The maximum Gasteiger partial charge on any atom is 0.257 e. The van der Waals surface area contributed by atoms with E-state index in [4.69, 9.17) is 4.42 Å². The molecule has 1 atom stereocenters. The number of carbonyl (C=O) groups excluding carboxylic acids is 1. The Hall–Kier alpha value is -1.58. The molecule has 1 amide bonds. The Kier molecular flexibility index (Phi) is 7.69. The molecule has 0 aliphatic rings. The lowest BCUT2D eigenvalue weighted by atomic mass is 10.1. The minimum atomic E-state index is -3.53. The Bertz CT molecular complexity index is 878. The Morgan fingerprint density at radius 3 is 2.74 bits per heavy atom. The molecule has 0 aliphatic heterocycles. The summed E-state index contributed by atoms with van der Waals surface area (Å²) in [6.45, 7) is 4.16. The van der Waals surface area contributed by atoms with Crippen molar-refractivity contribution in [3.63, 3.8) is 0 Å². The number of hydrogen-bond donors (Lipinski definition) is 1. The van der Waals surface area contributed by atoms with Gasteiger partial charge in [-0.05, 0) is 31.5 Å². The van der Waals surface area contributed by atoms with Gasteiger partial charge in [0.25, 0.3) is 5.22 Å². The summed E-state index contributed by atoms with van der Waals surface area (Å²) in [5.74, 6) is 0.135. The fourth-order valence-electron chi connectivity index (χ4n) is 2.54. The number of sulfonamides is 1. The number of amides is 1. The van der Waals surface area contributed by atoms with Crippen LogP contribution in [0.25, 0.3) is 11.1 Å². The standard InChI is InChI=1S/C18H27N3O4S2/c1-5-6-7-8-13(2)19-17(22)12-26-18-20-15-11-14(9-10-16(15)25-18)27(23,24)21(3)4/h9-11,13H,5-8,12H2,1-4H3,(H,19,22). The summed E-state index contributed by atoms with van der Waals surface area (Å²) < 4.78 is 31.2. The summed E-state index contributed by atoms with van der Waals surface area (Å²) in [5, 5.41) is 3.32. The summed E-state index contributed by atoms with van der Waals surface area (Å²) in [6.07, 6.45) is 4.40. The SMILES string of the molecule is CCCCCC(C)NC(=O)CSc1nc2cc(S(=O)(=O)N(C)C)ccc2o1. The smallest absolute Gasteiger partial charge is 0.257 e. The zero-order chi connectivity index (χ0) is 20.0. The molecule has 150 valence electrons. The lowest BCUT2D eigenvalue weighted by molar-refractivity contribution is -0.119. The first-order valence-corrected chi connectivity index (χ1v) is 11.4. The number of nitrogens with zero attached hydrogens (tertiary/aromatic N) is 2. The molecule has 1 N–H and O–H groups in total. The summed E-state index contributed by atoms with van der Waals surface area (Å²) in [4.78, 5) is 16.5. The molecule has 0 bridgehead atoms. The number of aromatic nitrogens is 1. The molecule has 0 radical (unpaired) electrons. The van der Waals surface area contributed by atoms with Gasteiger partial charge in [0.1, 0.15) is 5.52 Å². The zero-order valence-corrected chi connectivity index (χ0v) is 17.8. The van der Waals surface area contributed by atoms with E-state index < -0.39 is 10.0 Å². The van der Waals surface area contributed by atoms with Crippen LogP contribution in [0.4, 0.5) is 0 Å². The van der Waals surface area contributed by atoms with Gasteiger partial charge < -0.3 is 9.73 Å². The van der Waals surface area contributed by atoms with Crippen molar-refractivity contribution in [3.05, 3.63) is 18.2 Å². The third-order valence-corrected chi connectivity index (χ3v) is 6.73. The van der Waals surface area contributed by atoms with Gasteiger partial charge in [0, 0.05) is 20.1 Å². The fourth-order valence-corrected chi connectivity index (χ4v) is 4.11. The minimum absolute atomic E-state index is 0.0675. The monoisotopic (exact) mass is 413 g/mol. The van der Waals surface area contributed by atoms with E-state index >= 15 is 0 Å². The van der Waals surface area contributed by atoms with Crippen molar-refractivity contribution in [2.24, 2.45) is 0 Å². The van der Waals surface area contributed by atoms with Gasteiger partial charge in [0.05, 0.1) is 10.6 Å². The van der Waals surface area contributed by atoms with E-state index in [0.717, 1.165) is 23.6 Å². The second-order valence-corrected chi connectivity index (χ2v) is 9.73. The first-order chi connectivity index (χ1) is 12.7. The predicted octanol–water partition coefficient (Wildman–Crippen LogP) is 3.26. The molecular formula is C18H27N3O4S2. The van der Waals surface area contributed by atoms with Gasteiger partial charge in [-0.2, -0.15) is 0 Å². The molecule has 1 aromatic heterocycles. The molecular weight excluding hydrogens is 386 g/mol. The van der Waals surface area contributed by atoms with Crippen LogP contribution in [0.2, 0.25) is 0 Å². The van der Waals surface area contributed by atoms with Gasteiger partial charge in [0.15, 0.2) is 5.58 Å². The van der Waals surface area contributed by atoms with E-state index in [0.29, 0.717) is 16.3 Å². The number of fused-ring (bicyclic) bond motifs is 1. The number of oxazole rings is 1. The normalized spacial score (nSPS) is 13.2. The molecule has 0 spiro atoms. The summed E-state index contributed by atoms with van der Waals surface area (Å²) in [6, 6.07) is 4.70. The fraction of sp³-hybridized carbons (Fsp3) is 0.556. The number of nitrogens with one attached hydrogen (secondary N) is 1. The van der Waals surface area contributed by atoms with Crippen molar-refractivity contribution in [3.8, 4) is 0 Å². The van der Waals surface area contributed by atoms with Crippen molar-refractivity contribution >= 4 is 38.8 Å². The number of benzene rings is 1. The van der Waals surface area contributed by atoms with Gasteiger partial charge in [0.2, 0.25) is 15.9 Å². The van der Waals surface area contributed by atoms with E-state index in [9.17, 15) is 13.2 Å². The summed E-state index contributed by atoms with van der Waals surface area (Å²) >= 11 is 1.19. The Morgan fingerprint density at radius 1 is 1.33 bits per heavy atom. The second-order valence-electron chi connectivity index (χ2n) is 6.65. The zero-order valence-electron chi connectivity index (χ0n) is 16.2. The summed E-state index contributed by atoms with van der Waals surface area (Å²) in [5.41, 5.74) is 0.942. The molecule has 1 unspecified atom stereocenters. The topological polar surface area (TPSA) is 92.5 Å². The summed E-state index contributed by atoms with van der Waals surface area (Å²) in [7, 11) is -0.572. The van der Waals surface area contributed by atoms with Crippen LogP contribution >= 0.6 is 11.8 Å². The average molecular weight is 414 g/mol. The maximum atomic E-state index is 12.2. The van der Waals surface area contributed by atoms with Crippen molar-refractivity contribution in [2.75, 3.05) is 19.8 Å². The quantitative estimate of drug-likeness (QED) is 0.475. The molecule has 0 aliphatic carbocycles. The Morgan fingerprint density at radius 2 is 2.07 bits per heavy atom. The number of unbranched alkanes of at least 4 members (excludes halogenated alkanes) is 2. The molecule has 2 aromatic rings. The largest absolute Gasteiger partial charge is 0.431 e. The van der Waals surface area contributed by atoms with E-state index in [2.05, 4.69) is 17.2 Å². The number of hydrogen-bond acceptors (Lipinski definition) is 6. The highest BCUT2D eigenvalue weighted by Gasteiger charge is 2.19. The van der Waals surface area contributed by atoms with Crippen LogP contribution in [0, 0.1) is 0 Å². The first-order valence-electron chi connectivity index (χ1n) is 8.99. The van der Waals surface area contributed by atoms with E-state index in [1.165, 1.54) is 44.4 Å². The van der Waals surface area contributed by atoms with E-state index in [-0.39, 0.29) is 22.6 Å². The highest BCUT2D eigenvalue weighted by molar-refractivity contribution is 7.99. The van der Waals surface area contributed by atoms with Crippen molar-refractivity contribution in [1.29, 1.82) is 0 Å². The van der Waals surface area contributed by atoms with Crippen LogP contribution in [-0.2, 0) is 14.8 Å². The first kappa shape index (κ1) is 21.7. The molecule has 0 saturated heterocycles. The lowest BCUT2D eigenvalue weighted by Crippen LogP contribution is -2.33. The molecule has 2 rings (SSSR count).